The molecule has 0 unspecified atom stereocenters. The Morgan fingerprint density at radius 3 is 2.45 bits per heavy atom. The van der Waals surface area contributed by atoms with Gasteiger partial charge in [0.2, 0.25) is 0 Å². The Labute approximate surface area is 79.9 Å². The number of hydrogen-bond donors (Lipinski definition) is 0. The van der Waals surface area contributed by atoms with Gasteiger partial charge in [0.1, 0.15) is 12.5 Å². The Kier molecular flexibility index (Phi) is 3.01. The second-order valence-corrected chi connectivity index (χ2v) is 3.70. The van der Waals surface area contributed by atoms with Crippen LogP contribution in [0.25, 0.3) is 0 Å². The topological polar surface area (TPSA) is 0 Å². The predicted molar refractivity (Wildman–Crippen MR) is 46.6 cm³/mol. The average Bonchev–Trinajstić information content (AvgIpc) is 1.96. The summed E-state index contributed by atoms with van der Waals surface area (Å²) in [5.74, 6) is -0.452. The molecule has 0 spiro atoms. The van der Waals surface area contributed by atoms with E-state index in [9.17, 15) is 8.78 Å². The van der Waals surface area contributed by atoms with Crippen LogP contribution in [0.3, 0.4) is 0 Å². The van der Waals surface area contributed by atoms with E-state index in [1.165, 1.54) is 12.1 Å². The van der Waals surface area contributed by atoms with Crippen LogP contribution < -0.4 is 0 Å². The SMILES string of the molecule is FCc1cc(Br)cc(F)c1Br. The van der Waals surface area contributed by atoms with Gasteiger partial charge in [0, 0.05) is 10.0 Å². The normalized spacial score (nSPS) is 10.2. The summed E-state index contributed by atoms with van der Waals surface area (Å²) in [5.41, 5.74) is 0.317. The maximum atomic E-state index is 12.8. The van der Waals surface area contributed by atoms with Crippen LogP contribution in [0.5, 0.6) is 0 Å². The molecule has 0 nitrogen and oxygen atoms in total. The molecule has 0 atom stereocenters. The van der Waals surface area contributed by atoms with Crippen LogP contribution in [0.1, 0.15) is 5.56 Å². The van der Waals surface area contributed by atoms with Crippen LogP contribution in [0.15, 0.2) is 21.1 Å². The first kappa shape index (κ1) is 9.13. The van der Waals surface area contributed by atoms with Gasteiger partial charge in [-0.15, -0.1) is 0 Å². The van der Waals surface area contributed by atoms with E-state index in [0.29, 0.717) is 10.0 Å². The summed E-state index contributed by atoms with van der Waals surface area (Å²) < 4.78 is 25.7. The predicted octanol–water partition coefficient (Wildman–Crippen LogP) is 3.82. The van der Waals surface area contributed by atoms with E-state index in [1.54, 1.807) is 0 Å². The third kappa shape index (κ3) is 1.99. The molecule has 0 saturated carbocycles. The third-order valence-electron chi connectivity index (χ3n) is 1.21. The second-order valence-electron chi connectivity index (χ2n) is 1.99. The summed E-state index contributed by atoms with van der Waals surface area (Å²) in [5, 5.41) is 0. The van der Waals surface area contributed by atoms with Gasteiger partial charge in [-0.25, -0.2) is 8.78 Å². The van der Waals surface area contributed by atoms with Gasteiger partial charge in [-0.05, 0) is 28.1 Å². The number of alkyl halides is 1. The molecule has 0 aliphatic rings. The number of rotatable bonds is 1. The van der Waals surface area contributed by atoms with Crippen LogP contribution in [-0.4, -0.2) is 0 Å². The number of halogens is 4. The lowest BCUT2D eigenvalue weighted by atomic mass is 10.2. The molecule has 0 amide bonds. The molecule has 1 aromatic carbocycles. The first-order valence-corrected chi connectivity index (χ1v) is 4.43. The largest absolute Gasteiger partial charge is 0.246 e. The van der Waals surface area contributed by atoms with E-state index in [-0.39, 0.29) is 4.47 Å². The molecule has 0 aliphatic heterocycles. The minimum absolute atomic E-state index is 0.197. The van der Waals surface area contributed by atoms with Crippen molar-refractivity contribution in [3.63, 3.8) is 0 Å². The molecule has 0 fully saturated rings. The second kappa shape index (κ2) is 3.63. The van der Waals surface area contributed by atoms with Crippen LogP contribution in [0.2, 0.25) is 0 Å². The Bertz CT molecular complexity index is 273. The fraction of sp³-hybridized carbons (Fsp3) is 0.143. The highest BCUT2D eigenvalue weighted by molar-refractivity contribution is 9.11. The van der Waals surface area contributed by atoms with Gasteiger partial charge in [0.05, 0.1) is 4.47 Å². The van der Waals surface area contributed by atoms with E-state index < -0.39 is 12.5 Å². The summed E-state index contributed by atoms with van der Waals surface area (Å²) in [6.45, 7) is -0.670. The monoisotopic (exact) mass is 284 g/mol. The highest BCUT2D eigenvalue weighted by atomic mass is 79.9. The van der Waals surface area contributed by atoms with Crippen molar-refractivity contribution < 1.29 is 8.78 Å². The van der Waals surface area contributed by atoms with E-state index in [2.05, 4.69) is 31.9 Å². The van der Waals surface area contributed by atoms with Crippen molar-refractivity contribution in [2.75, 3.05) is 0 Å². The van der Waals surface area contributed by atoms with E-state index in [1.807, 2.05) is 0 Å². The van der Waals surface area contributed by atoms with Gasteiger partial charge in [0.15, 0.2) is 0 Å². The lowest BCUT2D eigenvalue weighted by Crippen LogP contribution is -1.86. The van der Waals surface area contributed by atoms with Crippen molar-refractivity contribution in [3.8, 4) is 0 Å². The summed E-state index contributed by atoms with van der Waals surface area (Å²) in [6.07, 6.45) is 0. The van der Waals surface area contributed by atoms with Crippen molar-refractivity contribution in [1.29, 1.82) is 0 Å². The zero-order valence-electron chi connectivity index (χ0n) is 5.37. The fourth-order valence-electron chi connectivity index (χ4n) is 0.707. The molecular weight excluding hydrogens is 282 g/mol. The molecule has 0 aromatic heterocycles. The third-order valence-corrected chi connectivity index (χ3v) is 2.56. The van der Waals surface area contributed by atoms with Gasteiger partial charge in [-0.3, -0.25) is 0 Å². The standard InChI is InChI=1S/C7H4Br2F2/c8-5-1-4(3-10)7(9)6(11)2-5/h1-2H,3H2. The van der Waals surface area contributed by atoms with Crippen molar-refractivity contribution in [2.45, 2.75) is 6.67 Å². The van der Waals surface area contributed by atoms with E-state index in [0.717, 1.165) is 0 Å². The van der Waals surface area contributed by atoms with Crippen LogP contribution in [0.4, 0.5) is 8.78 Å². The Hall–Kier alpha value is 0.0400. The molecule has 0 radical (unpaired) electrons. The molecule has 1 rings (SSSR count). The molecule has 11 heavy (non-hydrogen) atoms. The van der Waals surface area contributed by atoms with Crippen molar-refractivity contribution in [1.82, 2.24) is 0 Å². The molecule has 0 saturated heterocycles. The zero-order valence-corrected chi connectivity index (χ0v) is 8.55. The average molecular weight is 286 g/mol. The quantitative estimate of drug-likeness (QED) is 0.688. The van der Waals surface area contributed by atoms with Crippen molar-refractivity contribution >= 4 is 31.9 Å². The Balaban J connectivity index is 3.24. The van der Waals surface area contributed by atoms with Crippen LogP contribution >= 0.6 is 31.9 Å². The molecule has 4 heteroatoms. The van der Waals surface area contributed by atoms with Gasteiger partial charge in [-0.2, -0.15) is 0 Å². The number of hydrogen-bond acceptors (Lipinski definition) is 0. The van der Waals surface area contributed by atoms with E-state index in [4.69, 9.17) is 0 Å². The van der Waals surface area contributed by atoms with Crippen molar-refractivity contribution in [3.05, 3.63) is 32.5 Å². The van der Waals surface area contributed by atoms with Gasteiger partial charge in [0.25, 0.3) is 0 Å². The van der Waals surface area contributed by atoms with Gasteiger partial charge < -0.3 is 0 Å². The maximum Gasteiger partial charge on any atom is 0.138 e. The van der Waals surface area contributed by atoms with Crippen LogP contribution in [-0.2, 0) is 6.67 Å². The first-order valence-electron chi connectivity index (χ1n) is 2.84. The minimum atomic E-state index is -0.670. The summed E-state index contributed by atoms with van der Waals surface area (Å²) >= 11 is 6.00. The summed E-state index contributed by atoms with van der Waals surface area (Å²) in [4.78, 5) is 0. The molecule has 60 valence electrons. The smallest absolute Gasteiger partial charge is 0.138 e. The molecule has 0 bridgehead atoms. The highest BCUT2D eigenvalue weighted by Crippen LogP contribution is 2.25. The molecule has 0 aliphatic carbocycles. The highest BCUT2D eigenvalue weighted by Gasteiger charge is 2.06. The molecular formula is C7H4Br2F2. The minimum Gasteiger partial charge on any atom is -0.246 e. The van der Waals surface area contributed by atoms with Gasteiger partial charge in [-0.1, -0.05) is 15.9 Å². The van der Waals surface area contributed by atoms with E-state index >= 15 is 0 Å². The zero-order chi connectivity index (χ0) is 8.43. The van der Waals surface area contributed by atoms with Gasteiger partial charge >= 0.3 is 0 Å². The first-order chi connectivity index (χ1) is 5.15. The fourth-order valence-corrected chi connectivity index (χ4v) is 1.52. The lowest BCUT2D eigenvalue weighted by Gasteiger charge is -2.00. The summed E-state index contributed by atoms with van der Waals surface area (Å²) in [6, 6.07) is 2.82. The summed E-state index contributed by atoms with van der Waals surface area (Å²) in [7, 11) is 0. The maximum absolute atomic E-state index is 12.8. The molecule has 0 N–H and O–H groups in total. The Morgan fingerprint density at radius 2 is 1.91 bits per heavy atom. The van der Waals surface area contributed by atoms with Crippen LogP contribution in [0, 0.1) is 5.82 Å². The lowest BCUT2D eigenvalue weighted by molar-refractivity contribution is 0.480. The number of benzene rings is 1. The van der Waals surface area contributed by atoms with Crippen molar-refractivity contribution in [2.24, 2.45) is 0 Å². The Morgan fingerprint density at radius 1 is 1.27 bits per heavy atom. The molecule has 1 aromatic rings. The molecule has 0 heterocycles.